The van der Waals surface area contributed by atoms with Crippen LogP contribution >= 0.6 is 27.5 Å². The van der Waals surface area contributed by atoms with Gasteiger partial charge in [0.05, 0.1) is 11.1 Å². The van der Waals surface area contributed by atoms with Crippen molar-refractivity contribution in [2.45, 2.75) is 26.7 Å². The van der Waals surface area contributed by atoms with Crippen LogP contribution < -0.4 is 10.1 Å². The molecule has 1 atom stereocenters. The molecule has 2 rings (SSSR count). The fraction of sp³-hybridized carbons (Fsp3) is 0.571. The zero-order valence-electron chi connectivity index (χ0n) is 10.9. The van der Waals surface area contributed by atoms with Gasteiger partial charge in [0.2, 0.25) is 0 Å². The first-order chi connectivity index (χ1) is 8.59. The van der Waals surface area contributed by atoms with Gasteiger partial charge in [-0.15, -0.1) is 0 Å². The Hall–Kier alpha value is -0.250. The maximum atomic E-state index is 6.21. The van der Waals surface area contributed by atoms with Crippen LogP contribution in [0.2, 0.25) is 5.02 Å². The third-order valence-electron chi connectivity index (χ3n) is 3.44. The molecule has 0 spiro atoms. The van der Waals surface area contributed by atoms with Crippen molar-refractivity contribution < 1.29 is 4.74 Å². The Balaban J connectivity index is 2.05. The van der Waals surface area contributed by atoms with Gasteiger partial charge in [0.1, 0.15) is 5.75 Å². The zero-order valence-corrected chi connectivity index (χ0v) is 13.2. The smallest absolute Gasteiger partial charge is 0.134 e. The standard InChI is InChI=1S/C14H19BrClNO/c1-9-6-12(13(15)10(2)14(9)16)18-8-11-4-3-5-17-7-11/h6,11,17H,3-5,7-8H2,1-2H3. The lowest BCUT2D eigenvalue weighted by atomic mass is 10.0. The molecule has 18 heavy (non-hydrogen) atoms. The highest BCUT2D eigenvalue weighted by atomic mass is 79.9. The van der Waals surface area contributed by atoms with Crippen molar-refractivity contribution in [3.63, 3.8) is 0 Å². The van der Waals surface area contributed by atoms with Crippen molar-refractivity contribution in [1.82, 2.24) is 5.32 Å². The summed E-state index contributed by atoms with van der Waals surface area (Å²) in [4.78, 5) is 0. The number of benzene rings is 1. The summed E-state index contributed by atoms with van der Waals surface area (Å²) in [6, 6.07) is 2.01. The van der Waals surface area contributed by atoms with Gasteiger partial charge in [-0.1, -0.05) is 11.6 Å². The van der Waals surface area contributed by atoms with Crippen LogP contribution in [-0.2, 0) is 0 Å². The van der Waals surface area contributed by atoms with Gasteiger partial charge in [0.15, 0.2) is 0 Å². The minimum Gasteiger partial charge on any atom is -0.492 e. The minimum atomic E-state index is 0.613. The summed E-state index contributed by atoms with van der Waals surface area (Å²) in [7, 11) is 0. The van der Waals surface area contributed by atoms with E-state index in [0.29, 0.717) is 5.92 Å². The Morgan fingerprint density at radius 2 is 2.28 bits per heavy atom. The van der Waals surface area contributed by atoms with E-state index in [1.54, 1.807) is 0 Å². The lowest BCUT2D eigenvalue weighted by Crippen LogP contribution is -2.33. The van der Waals surface area contributed by atoms with Crippen molar-refractivity contribution in [3.05, 3.63) is 26.7 Å². The fourth-order valence-electron chi connectivity index (χ4n) is 2.28. The maximum absolute atomic E-state index is 6.21. The number of halogens is 2. The topological polar surface area (TPSA) is 21.3 Å². The molecule has 100 valence electrons. The molecule has 1 saturated heterocycles. The van der Waals surface area contributed by atoms with Gasteiger partial charge in [-0.3, -0.25) is 0 Å². The van der Waals surface area contributed by atoms with Gasteiger partial charge in [0.25, 0.3) is 0 Å². The highest BCUT2D eigenvalue weighted by molar-refractivity contribution is 9.10. The maximum Gasteiger partial charge on any atom is 0.134 e. The molecule has 1 N–H and O–H groups in total. The molecule has 1 aromatic carbocycles. The van der Waals surface area contributed by atoms with Crippen LogP contribution in [0.4, 0.5) is 0 Å². The number of piperidine rings is 1. The fourth-order valence-corrected chi connectivity index (χ4v) is 2.97. The van der Waals surface area contributed by atoms with Crippen molar-refractivity contribution >= 4 is 27.5 Å². The highest BCUT2D eigenvalue weighted by Gasteiger charge is 2.16. The molecular formula is C14H19BrClNO. The van der Waals surface area contributed by atoms with E-state index in [0.717, 1.165) is 46.1 Å². The Labute approximate surface area is 122 Å². The first-order valence-electron chi connectivity index (χ1n) is 6.38. The summed E-state index contributed by atoms with van der Waals surface area (Å²) < 4.78 is 6.92. The third kappa shape index (κ3) is 3.19. The molecule has 1 aliphatic heterocycles. The predicted octanol–water partition coefficient (Wildman–Crippen LogP) is 4.10. The van der Waals surface area contributed by atoms with Crippen LogP contribution in [0.25, 0.3) is 0 Å². The molecule has 0 aliphatic carbocycles. The summed E-state index contributed by atoms with van der Waals surface area (Å²) >= 11 is 9.77. The van der Waals surface area contributed by atoms with Gasteiger partial charge in [-0.25, -0.2) is 0 Å². The summed E-state index contributed by atoms with van der Waals surface area (Å²) in [5.41, 5.74) is 2.11. The Morgan fingerprint density at radius 3 is 2.94 bits per heavy atom. The van der Waals surface area contributed by atoms with Crippen molar-refractivity contribution in [1.29, 1.82) is 0 Å². The number of nitrogens with one attached hydrogen (secondary N) is 1. The number of aryl methyl sites for hydroxylation is 1. The molecule has 0 aromatic heterocycles. The average molecular weight is 333 g/mol. The molecule has 1 heterocycles. The van der Waals surface area contributed by atoms with Crippen molar-refractivity contribution in [2.75, 3.05) is 19.7 Å². The quantitative estimate of drug-likeness (QED) is 0.900. The molecule has 1 unspecified atom stereocenters. The van der Waals surface area contributed by atoms with E-state index in [1.807, 2.05) is 19.9 Å². The van der Waals surface area contributed by atoms with Crippen LogP contribution in [0.15, 0.2) is 10.5 Å². The first kappa shape index (κ1) is 14.2. The molecule has 1 aromatic rings. The van der Waals surface area contributed by atoms with Crippen LogP contribution in [0, 0.1) is 19.8 Å². The summed E-state index contributed by atoms with van der Waals surface area (Å²) in [5, 5.41) is 4.22. The number of rotatable bonds is 3. The van der Waals surface area contributed by atoms with Crippen molar-refractivity contribution in [2.24, 2.45) is 5.92 Å². The van der Waals surface area contributed by atoms with Gasteiger partial charge in [0, 0.05) is 17.5 Å². The van der Waals surface area contributed by atoms with E-state index < -0.39 is 0 Å². The molecule has 1 aliphatic rings. The summed E-state index contributed by atoms with van der Waals surface area (Å²) in [5.74, 6) is 1.52. The second kappa shape index (κ2) is 6.27. The van der Waals surface area contributed by atoms with Gasteiger partial charge in [-0.05, 0) is 66.4 Å². The minimum absolute atomic E-state index is 0.613. The summed E-state index contributed by atoms with van der Waals surface area (Å²) in [6.07, 6.45) is 2.49. The Bertz CT molecular complexity index is 430. The van der Waals surface area contributed by atoms with E-state index in [-0.39, 0.29) is 0 Å². The van der Waals surface area contributed by atoms with E-state index in [9.17, 15) is 0 Å². The molecule has 4 heteroatoms. The second-order valence-corrected chi connectivity index (χ2v) is 6.14. The first-order valence-corrected chi connectivity index (χ1v) is 7.55. The largest absolute Gasteiger partial charge is 0.492 e. The third-order valence-corrected chi connectivity index (χ3v) is 5.01. The monoisotopic (exact) mass is 331 g/mol. The Kier molecular flexibility index (Phi) is 4.93. The molecule has 0 amide bonds. The van der Waals surface area contributed by atoms with Crippen molar-refractivity contribution in [3.8, 4) is 5.75 Å². The molecule has 2 nitrogen and oxygen atoms in total. The van der Waals surface area contributed by atoms with Gasteiger partial charge < -0.3 is 10.1 Å². The molecule has 0 radical (unpaired) electrons. The van der Waals surface area contributed by atoms with E-state index in [1.165, 1.54) is 12.8 Å². The van der Waals surface area contributed by atoms with E-state index in [2.05, 4.69) is 21.2 Å². The van der Waals surface area contributed by atoms with E-state index in [4.69, 9.17) is 16.3 Å². The predicted molar refractivity (Wildman–Crippen MR) is 79.7 cm³/mol. The second-order valence-electron chi connectivity index (χ2n) is 4.97. The molecule has 0 bridgehead atoms. The van der Waals surface area contributed by atoms with Gasteiger partial charge in [-0.2, -0.15) is 0 Å². The van der Waals surface area contributed by atoms with Crippen LogP contribution in [0.1, 0.15) is 24.0 Å². The lowest BCUT2D eigenvalue weighted by Gasteiger charge is -2.23. The van der Waals surface area contributed by atoms with Crippen LogP contribution in [-0.4, -0.2) is 19.7 Å². The van der Waals surface area contributed by atoms with Crippen LogP contribution in [0.3, 0.4) is 0 Å². The molecule has 0 saturated carbocycles. The highest BCUT2D eigenvalue weighted by Crippen LogP contribution is 2.36. The summed E-state index contributed by atoms with van der Waals surface area (Å²) in [6.45, 7) is 6.99. The average Bonchev–Trinajstić information content (AvgIpc) is 2.40. The number of ether oxygens (including phenoxy) is 1. The molecular weight excluding hydrogens is 314 g/mol. The van der Waals surface area contributed by atoms with Crippen LogP contribution in [0.5, 0.6) is 5.75 Å². The van der Waals surface area contributed by atoms with E-state index >= 15 is 0 Å². The normalized spacial score (nSPS) is 19.9. The molecule has 1 fully saturated rings. The Morgan fingerprint density at radius 1 is 1.50 bits per heavy atom. The van der Waals surface area contributed by atoms with Gasteiger partial charge >= 0.3 is 0 Å². The lowest BCUT2D eigenvalue weighted by molar-refractivity contribution is 0.217. The SMILES string of the molecule is Cc1cc(OCC2CCCNC2)c(Br)c(C)c1Cl. The number of hydrogen-bond donors (Lipinski definition) is 1. The zero-order chi connectivity index (χ0) is 13.1. The number of hydrogen-bond acceptors (Lipinski definition) is 2.